The van der Waals surface area contributed by atoms with Gasteiger partial charge in [0.15, 0.2) is 0 Å². The van der Waals surface area contributed by atoms with Crippen LogP contribution in [0.2, 0.25) is 0 Å². The number of anilines is 1. The van der Waals surface area contributed by atoms with Gasteiger partial charge in [0.25, 0.3) is 0 Å². The van der Waals surface area contributed by atoms with E-state index in [0.29, 0.717) is 0 Å². The number of likely N-dealkylation sites (tertiary alicyclic amines) is 1. The number of hydrogen-bond donors (Lipinski definition) is 0. The summed E-state index contributed by atoms with van der Waals surface area (Å²) in [6, 6.07) is 9.68. The molecule has 0 N–H and O–H groups in total. The molecule has 2 nitrogen and oxygen atoms in total. The van der Waals surface area contributed by atoms with Crippen molar-refractivity contribution < 1.29 is 0 Å². The second-order valence-electron chi connectivity index (χ2n) is 7.14. The van der Waals surface area contributed by atoms with Crippen molar-refractivity contribution in [1.29, 1.82) is 0 Å². The van der Waals surface area contributed by atoms with E-state index in [1.807, 2.05) is 0 Å². The topological polar surface area (TPSA) is 6.48 Å². The summed E-state index contributed by atoms with van der Waals surface area (Å²) in [6.45, 7) is 2.42. The summed E-state index contributed by atoms with van der Waals surface area (Å²) in [5.41, 5.74) is 2.57. The van der Waals surface area contributed by atoms with E-state index in [0.717, 1.165) is 18.5 Å². The molecule has 0 aromatic heterocycles. The molecule has 2 aliphatic rings. The molecular formula is C20H30N2. The summed E-state index contributed by atoms with van der Waals surface area (Å²) in [6.07, 6.45) is 13.3. The molecule has 0 unspecified atom stereocenters. The third kappa shape index (κ3) is 3.73. The van der Waals surface area contributed by atoms with Crippen LogP contribution in [0.5, 0.6) is 0 Å². The highest BCUT2D eigenvalue weighted by Crippen LogP contribution is 2.35. The molecule has 22 heavy (non-hydrogen) atoms. The third-order valence-electron chi connectivity index (χ3n) is 5.42. The van der Waals surface area contributed by atoms with E-state index in [9.17, 15) is 0 Å². The van der Waals surface area contributed by atoms with E-state index < -0.39 is 0 Å². The first-order chi connectivity index (χ1) is 10.7. The zero-order chi connectivity index (χ0) is 15.4. The van der Waals surface area contributed by atoms with Crippen molar-refractivity contribution in [2.75, 3.05) is 32.1 Å². The third-order valence-corrected chi connectivity index (χ3v) is 5.42. The Morgan fingerprint density at radius 1 is 1.05 bits per heavy atom. The highest BCUT2D eigenvalue weighted by atomic mass is 15.2. The zero-order valence-electron chi connectivity index (χ0n) is 14.2. The van der Waals surface area contributed by atoms with Gasteiger partial charge in [-0.3, -0.25) is 4.90 Å². The maximum Gasteiger partial charge on any atom is 0.0361 e. The number of piperidine rings is 1. The first-order valence-electron chi connectivity index (χ1n) is 8.92. The standard InChI is InChI=1S/C20H30N2/c1-21(2)19-13-11-17(12-14-19)7-5-15-22-16-6-9-18-8-3-4-10-20(18)22/h5,7,11-14,18,20H,3-4,6,8-10,15-16H2,1-2H3/b7-5+/t18-,20+/m1/s1. The van der Waals surface area contributed by atoms with Gasteiger partial charge in [-0.2, -0.15) is 0 Å². The lowest BCUT2D eigenvalue weighted by Gasteiger charge is -2.43. The van der Waals surface area contributed by atoms with Crippen molar-refractivity contribution in [2.24, 2.45) is 5.92 Å². The molecule has 0 spiro atoms. The normalized spacial score (nSPS) is 26.1. The number of hydrogen-bond acceptors (Lipinski definition) is 2. The molecule has 3 rings (SSSR count). The van der Waals surface area contributed by atoms with E-state index in [1.165, 1.54) is 56.3 Å². The van der Waals surface area contributed by atoms with Gasteiger partial charge < -0.3 is 4.90 Å². The maximum absolute atomic E-state index is 2.73. The van der Waals surface area contributed by atoms with Crippen molar-refractivity contribution in [1.82, 2.24) is 4.90 Å². The summed E-state index contributed by atoms with van der Waals surface area (Å²) in [7, 11) is 4.17. The average Bonchev–Trinajstić information content (AvgIpc) is 2.55. The number of fused-ring (bicyclic) bond motifs is 1. The minimum absolute atomic E-state index is 0.864. The molecule has 1 saturated carbocycles. The Kier molecular flexibility index (Phi) is 5.20. The monoisotopic (exact) mass is 298 g/mol. The van der Waals surface area contributed by atoms with E-state index >= 15 is 0 Å². The van der Waals surface area contributed by atoms with Crippen LogP contribution in [0.1, 0.15) is 44.1 Å². The summed E-state index contributed by atoms with van der Waals surface area (Å²) >= 11 is 0. The van der Waals surface area contributed by atoms with E-state index in [-0.39, 0.29) is 0 Å². The SMILES string of the molecule is CN(C)c1ccc(/C=C/CN2CCC[C@H]3CCCC[C@@H]32)cc1. The average molecular weight is 298 g/mol. The van der Waals surface area contributed by atoms with Crippen molar-refractivity contribution in [3.63, 3.8) is 0 Å². The smallest absolute Gasteiger partial charge is 0.0361 e. The van der Waals surface area contributed by atoms with Crippen LogP contribution in [0.3, 0.4) is 0 Å². The molecular weight excluding hydrogens is 268 g/mol. The maximum atomic E-state index is 2.73. The minimum Gasteiger partial charge on any atom is -0.378 e. The van der Waals surface area contributed by atoms with Gasteiger partial charge in [-0.15, -0.1) is 0 Å². The van der Waals surface area contributed by atoms with Crippen molar-refractivity contribution in [2.45, 2.75) is 44.6 Å². The molecule has 1 heterocycles. The van der Waals surface area contributed by atoms with Crippen LogP contribution in [0.15, 0.2) is 30.3 Å². The Balaban J connectivity index is 1.56. The lowest BCUT2D eigenvalue weighted by molar-refractivity contribution is 0.0713. The predicted octanol–water partition coefficient (Wildman–Crippen LogP) is 4.42. The molecule has 1 saturated heterocycles. The molecule has 0 radical (unpaired) electrons. The summed E-state index contributed by atoms with van der Waals surface area (Å²) in [4.78, 5) is 4.88. The fourth-order valence-electron chi connectivity index (χ4n) is 4.16. The molecule has 1 aliphatic carbocycles. The zero-order valence-corrected chi connectivity index (χ0v) is 14.2. The van der Waals surface area contributed by atoms with Crippen LogP contribution in [0.25, 0.3) is 6.08 Å². The van der Waals surface area contributed by atoms with Crippen LogP contribution in [0, 0.1) is 5.92 Å². The van der Waals surface area contributed by atoms with Gasteiger partial charge >= 0.3 is 0 Å². The Labute approximate surface area is 135 Å². The molecule has 1 aromatic carbocycles. The van der Waals surface area contributed by atoms with Gasteiger partial charge in [0.2, 0.25) is 0 Å². The summed E-state index contributed by atoms with van der Waals surface area (Å²) in [5.74, 6) is 0.982. The Morgan fingerprint density at radius 3 is 2.55 bits per heavy atom. The molecule has 2 atom stereocenters. The fraction of sp³-hybridized carbons (Fsp3) is 0.600. The lowest BCUT2D eigenvalue weighted by atomic mass is 9.78. The second-order valence-corrected chi connectivity index (χ2v) is 7.14. The van der Waals surface area contributed by atoms with Gasteiger partial charge in [0.05, 0.1) is 0 Å². The largest absolute Gasteiger partial charge is 0.378 e. The molecule has 1 aliphatic heterocycles. The molecule has 0 amide bonds. The minimum atomic E-state index is 0.864. The van der Waals surface area contributed by atoms with Crippen LogP contribution in [-0.4, -0.2) is 38.1 Å². The number of nitrogens with zero attached hydrogens (tertiary/aromatic N) is 2. The van der Waals surface area contributed by atoms with E-state index in [1.54, 1.807) is 0 Å². The van der Waals surface area contributed by atoms with Gasteiger partial charge in [0.1, 0.15) is 0 Å². The van der Waals surface area contributed by atoms with E-state index in [4.69, 9.17) is 0 Å². The highest BCUT2D eigenvalue weighted by Gasteiger charge is 2.32. The highest BCUT2D eigenvalue weighted by molar-refractivity contribution is 5.55. The number of rotatable bonds is 4. The predicted molar refractivity (Wildman–Crippen MR) is 96.4 cm³/mol. The summed E-state index contributed by atoms with van der Waals surface area (Å²) < 4.78 is 0. The van der Waals surface area contributed by atoms with Crippen molar-refractivity contribution >= 4 is 11.8 Å². The van der Waals surface area contributed by atoms with Crippen molar-refractivity contribution in [3.8, 4) is 0 Å². The Morgan fingerprint density at radius 2 is 1.77 bits per heavy atom. The second kappa shape index (κ2) is 7.32. The first-order valence-corrected chi connectivity index (χ1v) is 8.92. The van der Waals surface area contributed by atoms with Crippen molar-refractivity contribution in [3.05, 3.63) is 35.9 Å². The van der Waals surface area contributed by atoms with Gasteiger partial charge in [-0.05, 0) is 55.8 Å². The first kappa shape index (κ1) is 15.6. The Bertz CT molecular complexity index is 487. The fourth-order valence-corrected chi connectivity index (χ4v) is 4.16. The molecule has 2 heteroatoms. The van der Waals surface area contributed by atoms with Crippen LogP contribution in [0.4, 0.5) is 5.69 Å². The number of benzene rings is 1. The molecule has 120 valence electrons. The molecule has 0 bridgehead atoms. The molecule has 2 fully saturated rings. The van der Waals surface area contributed by atoms with Gasteiger partial charge in [-0.25, -0.2) is 0 Å². The van der Waals surface area contributed by atoms with E-state index in [2.05, 4.69) is 60.3 Å². The van der Waals surface area contributed by atoms with Crippen LogP contribution >= 0.6 is 0 Å². The Hall–Kier alpha value is -1.28. The van der Waals surface area contributed by atoms with Crippen LogP contribution in [-0.2, 0) is 0 Å². The molecule has 1 aromatic rings. The quantitative estimate of drug-likeness (QED) is 0.812. The lowest BCUT2D eigenvalue weighted by Crippen LogP contribution is -2.46. The van der Waals surface area contributed by atoms with Gasteiger partial charge in [0, 0.05) is 32.4 Å². The van der Waals surface area contributed by atoms with Crippen LogP contribution < -0.4 is 4.90 Å². The van der Waals surface area contributed by atoms with Gasteiger partial charge in [-0.1, -0.05) is 37.1 Å². The summed E-state index contributed by atoms with van der Waals surface area (Å²) in [5, 5.41) is 0.